The van der Waals surface area contributed by atoms with E-state index < -0.39 is 35.7 Å². The lowest BCUT2D eigenvalue weighted by Crippen LogP contribution is -2.60. The van der Waals surface area contributed by atoms with E-state index in [4.69, 9.17) is 14.2 Å². The minimum absolute atomic E-state index is 0.0645. The van der Waals surface area contributed by atoms with Crippen LogP contribution in [0, 0.1) is 0 Å². The molecule has 41 heavy (non-hydrogen) atoms. The lowest BCUT2D eigenvalue weighted by molar-refractivity contribution is -0.313. The number of fused-ring (bicyclic) bond motifs is 4. The topological polar surface area (TPSA) is 121 Å². The fourth-order valence-electron chi connectivity index (χ4n) is 6.41. The Hall–Kier alpha value is -3.79. The Kier molecular flexibility index (Phi) is 6.33. The molecule has 1 aliphatic carbocycles. The minimum atomic E-state index is -2.39. The van der Waals surface area contributed by atoms with Gasteiger partial charge in [-0.15, -0.1) is 0 Å². The number of nitrogens with one attached hydrogen (secondary N) is 1. The van der Waals surface area contributed by atoms with E-state index in [1.807, 2.05) is 60.7 Å². The summed E-state index contributed by atoms with van der Waals surface area (Å²) in [6.45, 7) is 0.0645. The van der Waals surface area contributed by atoms with Gasteiger partial charge in [-0.2, -0.15) is 0 Å². The molecule has 2 fully saturated rings. The molecule has 8 heteroatoms. The number of ether oxygens (including phenoxy) is 3. The Bertz CT molecular complexity index is 1740. The molecule has 4 atom stereocenters. The minimum Gasteiger partial charge on any atom is -0.422 e. The summed E-state index contributed by atoms with van der Waals surface area (Å²) in [5.74, 6) is -2.93. The van der Waals surface area contributed by atoms with E-state index in [1.54, 1.807) is 6.20 Å². The standard InChI is InChI=1S/C33H31NO7/c35-30-28(39-19-20-8-2-1-3-9-20)29(41-33(30,38)32(37)14-6-7-15-32)31(36)40-26-18-34-25-13-12-23-16-21-10-4-5-11-22(21)17-24(23)27(25)26/h1-5,8-13,16-18,28-30,34-35,37-38H,6-7,14-15,19H2. The van der Waals surface area contributed by atoms with E-state index in [1.165, 1.54) is 0 Å². The van der Waals surface area contributed by atoms with Crippen LogP contribution >= 0.6 is 0 Å². The van der Waals surface area contributed by atoms with Crippen molar-refractivity contribution in [2.45, 2.75) is 62.0 Å². The molecule has 1 saturated carbocycles. The monoisotopic (exact) mass is 553 g/mol. The summed E-state index contributed by atoms with van der Waals surface area (Å²) < 4.78 is 17.8. The summed E-state index contributed by atoms with van der Waals surface area (Å²) in [5, 5.41) is 38.9. The van der Waals surface area contributed by atoms with Gasteiger partial charge >= 0.3 is 5.97 Å². The molecule has 2 aliphatic rings. The van der Waals surface area contributed by atoms with E-state index in [0.29, 0.717) is 18.6 Å². The summed E-state index contributed by atoms with van der Waals surface area (Å²) in [6.07, 6.45) is -1.03. The Morgan fingerprint density at radius 2 is 1.63 bits per heavy atom. The first-order valence-corrected chi connectivity index (χ1v) is 14.0. The Labute approximate surface area is 236 Å². The molecule has 2 heterocycles. The smallest absolute Gasteiger partial charge is 0.343 e. The maximum absolute atomic E-state index is 13.7. The number of benzene rings is 4. The number of aromatic amines is 1. The van der Waals surface area contributed by atoms with Gasteiger partial charge in [-0.25, -0.2) is 4.79 Å². The number of rotatable bonds is 6. The highest BCUT2D eigenvalue weighted by atomic mass is 16.7. The number of hydrogen-bond donors (Lipinski definition) is 4. The maximum Gasteiger partial charge on any atom is 0.343 e. The van der Waals surface area contributed by atoms with Crippen LogP contribution in [0.5, 0.6) is 5.75 Å². The first-order valence-electron chi connectivity index (χ1n) is 14.0. The summed E-state index contributed by atoms with van der Waals surface area (Å²) in [4.78, 5) is 16.9. The van der Waals surface area contributed by atoms with Crippen LogP contribution in [-0.2, 0) is 20.9 Å². The first-order chi connectivity index (χ1) is 19.9. The number of hydrogen-bond acceptors (Lipinski definition) is 7. The summed E-state index contributed by atoms with van der Waals surface area (Å²) >= 11 is 0. The maximum atomic E-state index is 13.7. The van der Waals surface area contributed by atoms with E-state index in [2.05, 4.69) is 23.2 Å². The largest absolute Gasteiger partial charge is 0.422 e. The second-order valence-corrected chi connectivity index (χ2v) is 11.2. The van der Waals surface area contributed by atoms with Gasteiger partial charge in [0.05, 0.1) is 12.0 Å². The zero-order valence-corrected chi connectivity index (χ0v) is 22.3. The number of esters is 1. The molecule has 0 bridgehead atoms. The molecule has 1 aromatic heterocycles. The van der Waals surface area contributed by atoms with Crippen molar-refractivity contribution in [3.8, 4) is 5.75 Å². The zero-order valence-electron chi connectivity index (χ0n) is 22.3. The summed E-state index contributed by atoms with van der Waals surface area (Å²) in [7, 11) is 0. The number of H-pyrrole nitrogens is 1. The number of aromatic nitrogens is 1. The molecule has 0 amide bonds. The van der Waals surface area contributed by atoms with E-state index in [-0.39, 0.29) is 19.4 Å². The normalized spacial score (nSPS) is 25.8. The molecule has 7 rings (SSSR count). The molecular weight excluding hydrogens is 522 g/mol. The second-order valence-electron chi connectivity index (χ2n) is 11.2. The van der Waals surface area contributed by atoms with Gasteiger partial charge in [0.25, 0.3) is 0 Å². The molecule has 1 aliphatic heterocycles. The third kappa shape index (κ3) is 4.31. The van der Waals surface area contributed by atoms with Crippen LogP contribution in [0.15, 0.2) is 85.1 Å². The fourth-order valence-corrected chi connectivity index (χ4v) is 6.41. The second kappa shape index (κ2) is 9.94. The third-order valence-corrected chi connectivity index (χ3v) is 8.63. The van der Waals surface area contributed by atoms with Crippen molar-refractivity contribution in [2.24, 2.45) is 0 Å². The predicted octanol–water partition coefficient (Wildman–Crippen LogP) is 4.72. The summed E-state index contributed by atoms with van der Waals surface area (Å²) in [6, 6.07) is 25.4. The Morgan fingerprint density at radius 1 is 0.927 bits per heavy atom. The van der Waals surface area contributed by atoms with Gasteiger partial charge in [0.2, 0.25) is 5.79 Å². The molecular formula is C33H31NO7. The van der Waals surface area contributed by atoms with Gasteiger partial charge in [-0.3, -0.25) is 0 Å². The number of carbonyl (C=O) groups excluding carboxylic acids is 1. The van der Waals surface area contributed by atoms with E-state index >= 15 is 0 Å². The molecule has 5 aromatic rings. The van der Waals surface area contributed by atoms with Crippen LogP contribution in [0.2, 0.25) is 0 Å². The highest BCUT2D eigenvalue weighted by Crippen LogP contribution is 2.47. The quantitative estimate of drug-likeness (QED) is 0.177. The lowest BCUT2D eigenvalue weighted by atomic mass is 9.86. The molecule has 0 spiro atoms. The van der Waals surface area contributed by atoms with Crippen LogP contribution in [0.3, 0.4) is 0 Å². The van der Waals surface area contributed by atoms with Gasteiger partial charge in [0.1, 0.15) is 17.8 Å². The molecule has 4 N–H and O–H groups in total. The van der Waals surface area contributed by atoms with Crippen molar-refractivity contribution in [3.05, 3.63) is 90.6 Å². The van der Waals surface area contributed by atoms with Crippen LogP contribution in [0.4, 0.5) is 0 Å². The van der Waals surface area contributed by atoms with Gasteiger partial charge in [0.15, 0.2) is 11.9 Å². The van der Waals surface area contributed by atoms with Crippen molar-refractivity contribution in [3.63, 3.8) is 0 Å². The summed E-state index contributed by atoms with van der Waals surface area (Å²) in [5.41, 5.74) is -0.109. The highest BCUT2D eigenvalue weighted by molar-refractivity contribution is 6.14. The number of aliphatic hydroxyl groups excluding tert-OH is 1. The lowest BCUT2D eigenvalue weighted by Gasteiger charge is -2.39. The van der Waals surface area contributed by atoms with Crippen molar-refractivity contribution < 1.29 is 34.3 Å². The predicted molar refractivity (Wildman–Crippen MR) is 153 cm³/mol. The van der Waals surface area contributed by atoms with E-state index in [0.717, 1.165) is 38.0 Å². The molecule has 4 aromatic carbocycles. The average molecular weight is 554 g/mol. The number of carbonyl (C=O) groups is 1. The van der Waals surface area contributed by atoms with Crippen molar-refractivity contribution in [1.82, 2.24) is 4.98 Å². The molecule has 210 valence electrons. The highest BCUT2D eigenvalue weighted by Gasteiger charge is 2.67. The zero-order chi connectivity index (χ0) is 28.2. The van der Waals surface area contributed by atoms with Crippen LogP contribution in [0.1, 0.15) is 31.2 Å². The third-order valence-electron chi connectivity index (χ3n) is 8.63. The van der Waals surface area contributed by atoms with Gasteiger partial charge in [-0.05, 0) is 58.1 Å². The molecule has 4 unspecified atom stereocenters. The Balaban J connectivity index is 1.23. The SMILES string of the molecule is O=C(Oc1c[nH]c2ccc3cc4ccccc4cc3c12)C1OC(O)(C2(O)CCCC2)C(O)C1OCc1ccccc1. The van der Waals surface area contributed by atoms with Crippen molar-refractivity contribution in [1.29, 1.82) is 0 Å². The van der Waals surface area contributed by atoms with Gasteiger partial charge < -0.3 is 34.5 Å². The average Bonchev–Trinajstić information content (AvgIpc) is 3.69. The molecule has 0 radical (unpaired) electrons. The fraction of sp³-hybridized carbons (Fsp3) is 0.303. The van der Waals surface area contributed by atoms with Gasteiger partial charge in [0, 0.05) is 11.7 Å². The Morgan fingerprint density at radius 3 is 2.39 bits per heavy atom. The van der Waals surface area contributed by atoms with E-state index in [9.17, 15) is 20.1 Å². The molecule has 8 nitrogen and oxygen atoms in total. The van der Waals surface area contributed by atoms with Crippen molar-refractivity contribution in [2.75, 3.05) is 0 Å². The van der Waals surface area contributed by atoms with Crippen LogP contribution in [0.25, 0.3) is 32.4 Å². The van der Waals surface area contributed by atoms with Crippen LogP contribution in [-0.4, -0.2) is 56.0 Å². The van der Waals surface area contributed by atoms with Gasteiger partial charge in [-0.1, -0.05) is 73.5 Å². The van der Waals surface area contributed by atoms with Crippen molar-refractivity contribution >= 4 is 38.4 Å². The number of aliphatic hydroxyl groups is 3. The molecule has 1 saturated heterocycles. The first kappa shape index (κ1) is 26.1. The van der Waals surface area contributed by atoms with Crippen LogP contribution < -0.4 is 4.74 Å².